The first-order valence-corrected chi connectivity index (χ1v) is 6.98. The minimum Gasteiger partial charge on any atom is -0.406 e. The molecule has 3 unspecified atom stereocenters. The fraction of sp³-hybridized carbons (Fsp3) is 0.846. The molecule has 1 aromatic rings. The second kappa shape index (κ2) is 6.18. The average Bonchev–Trinajstić information content (AvgIpc) is 2.78. The summed E-state index contributed by atoms with van der Waals surface area (Å²) in [6.45, 7) is 5.09. The van der Waals surface area contributed by atoms with Crippen molar-refractivity contribution >= 4 is 6.01 Å². The molecule has 5 nitrogen and oxygen atoms in total. The number of nitrogens with one attached hydrogen (secondary N) is 1. The molecule has 1 heterocycles. The molecule has 1 saturated carbocycles. The highest BCUT2D eigenvalue weighted by Gasteiger charge is 2.18. The molecule has 0 spiro atoms. The Morgan fingerprint density at radius 2 is 2.28 bits per heavy atom. The molecular formula is C13H24N4O. The normalized spacial score (nSPS) is 25.9. The molecular weight excluding hydrogens is 228 g/mol. The Balaban J connectivity index is 1.71. The van der Waals surface area contributed by atoms with Crippen LogP contribution in [0.2, 0.25) is 0 Å². The SMILES string of the molecule is CC1CCCC(CCNc2nnc(C(C)N)o2)C1. The van der Waals surface area contributed by atoms with Crippen molar-refractivity contribution in [2.45, 2.75) is 52.0 Å². The van der Waals surface area contributed by atoms with Crippen LogP contribution in [-0.2, 0) is 0 Å². The Kier molecular flexibility index (Phi) is 4.58. The van der Waals surface area contributed by atoms with Crippen LogP contribution in [0.5, 0.6) is 0 Å². The van der Waals surface area contributed by atoms with Crippen LogP contribution in [0, 0.1) is 11.8 Å². The first-order chi connectivity index (χ1) is 8.65. The first kappa shape index (κ1) is 13.3. The van der Waals surface area contributed by atoms with Crippen LogP contribution in [0.3, 0.4) is 0 Å². The van der Waals surface area contributed by atoms with Crippen LogP contribution in [0.1, 0.15) is 57.9 Å². The molecule has 0 amide bonds. The van der Waals surface area contributed by atoms with Gasteiger partial charge in [-0.1, -0.05) is 31.3 Å². The summed E-state index contributed by atoms with van der Waals surface area (Å²) in [5, 5.41) is 11.0. The van der Waals surface area contributed by atoms with Gasteiger partial charge in [-0.15, -0.1) is 5.10 Å². The van der Waals surface area contributed by atoms with Gasteiger partial charge in [-0.2, -0.15) is 0 Å². The van der Waals surface area contributed by atoms with Gasteiger partial charge < -0.3 is 15.5 Å². The van der Waals surface area contributed by atoms with Crippen LogP contribution in [-0.4, -0.2) is 16.7 Å². The van der Waals surface area contributed by atoms with Crippen molar-refractivity contribution in [3.05, 3.63) is 5.89 Å². The third-order valence-electron chi connectivity index (χ3n) is 3.70. The second-order valence-corrected chi connectivity index (χ2v) is 5.59. The number of hydrogen-bond donors (Lipinski definition) is 2. The van der Waals surface area contributed by atoms with Gasteiger partial charge in [0.05, 0.1) is 6.04 Å². The molecule has 5 heteroatoms. The smallest absolute Gasteiger partial charge is 0.315 e. The Labute approximate surface area is 109 Å². The van der Waals surface area contributed by atoms with Gasteiger partial charge in [0.25, 0.3) is 0 Å². The van der Waals surface area contributed by atoms with E-state index < -0.39 is 0 Å². The van der Waals surface area contributed by atoms with Crippen LogP contribution >= 0.6 is 0 Å². The van der Waals surface area contributed by atoms with E-state index in [2.05, 4.69) is 22.4 Å². The Morgan fingerprint density at radius 3 is 2.94 bits per heavy atom. The molecule has 1 aromatic heterocycles. The van der Waals surface area contributed by atoms with Crippen molar-refractivity contribution < 1.29 is 4.42 Å². The maximum Gasteiger partial charge on any atom is 0.315 e. The predicted octanol–water partition coefficient (Wildman–Crippen LogP) is 2.72. The molecule has 0 bridgehead atoms. The lowest BCUT2D eigenvalue weighted by molar-refractivity contribution is 0.274. The van der Waals surface area contributed by atoms with Crippen LogP contribution in [0.4, 0.5) is 6.01 Å². The van der Waals surface area contributed by atoms with Gasteiger partial charge in [0, 0.05) is 6.54 Å². The van der Waals surface area contributed by atoms with Crippen molar-refractivity contribution in [1.29, 1.82) is 0 Å². The lowest BCUT2D eigenvalue weighted by Crippen LogP contribution is -2.16. The van der Waals surface area contributed by atoms with E-state index >= 15 is 0 Å². The highest BCUT2D eigenvalue weighted by Crippen LogP contribution is 2.30. The summed E-state index contributed by atoms with van der Waals surface area (Å²) in [5.74, 6) is 2.22. The van der Waals surface area contributed by atoms with Gasteiger partial charge in [-0.25, -0.2) is 0 Å². The fourth-order valence-corrected chi connectivity index (χ4v) is 2.70. The van der Waals surface area contributed by atoms with Crippen molar-refractivity contribution in [2.75, 3.05) is 11.9 Å². The average molecular weight is 252 g/mol. The van der Waals surface area contributed by atoms with E-state index in [-0.39, 0.29) is 6.04 Å². The maximum absolute atomic E-state index is 5.66. The summed E-state index contributed by atoms with van der Waals surface area (Å²) < 4.78 is 5.40. The lowest BCUT2D eigenvalue weighted by Gasteiger charge is -2.26. The van der Waals surface area contributed by atoms with Crippen molar-refractivity contribution in [2.24, 2.45) is 17.6 Å². The molecule has 0 saturated heterocycles. The largest absolute Gasteiger partial charge is 0.406 e. The van der Waals surface area contributed by atoms with Gasteiger partial charge in [0.15, 0.2) is 0 Å². The highest BCUT2D eigenvalue weighted by atomic mass is 16.4. The minimum absolute atomic E-state index is 0.202. The van der Waals surface area contributed by atoms with Gasteiger partial charge in [-0.3, -0.25) is 0 Å². The second-order valence-electron chi connectivity index (χ2n) is 5.59. The third-order valence-corrected chi connectivity index (χ3v) is 3.70. The molecule has 18 heavy (non-hydrogen) atoms. The summed E-state index contributed by atoms with van der Waals surface area (Å²) in [7, 11) is 0. The van der Waals surface area contributed by atoms with Gasteiger partial charge in [0.2, 0.25) is 5.89 Å². The van der Waals surface area contributed by atoms with E-state index in [0.29, 0.717) is 11.9 Å². The molecule has 1 fully saturated rings. The molecule has 3 N–H and O–H groups in total. The lowest BCUT2D eigenvalue weighted by atomic mass is 9.81. The Bertz CT molecular complexity index is 364. The molecule has 1 aliphatic carbocycles. The van der Waals surface area contributed by atoms with Crippen LogP contribution in [0.15, 0.2) is 4.42 Å². The number of aromatic nitrogens is 2. The van der Waals surface area contributed by atoms with E-state index in [1.165, 1.54) is 32.1 Å². The van der Waals surface area contributed by atoms with E-state index in [1.54, 1.807) is 0 Å². The third kappa shape index (κ3) is 3.70. The fourth-order valence-electron chi connectivity index (χ4n) is 2.70. The molecule has 0 aliphatic heterocycles. The molecule has 0 aromatic carbocycles. The first-order valence-electron chi connectivity index (χ1n) is 6.98. The number of hydrogen-bond acceptors (Lipinski definition) is 5. The van der Waals surface area contributed by atoms with E-state index in [4.69, 9.17) is 10.2 Å². The molecule has 1 aliphatic rings. The summed E-state index contributed by atoms with van der Waals surface area (Å²) in [6, 6.07) is 0.290. The quantitative estimate of drug-likeness (QED) is 0.842. The zero-order valence-corrected chi connectivity index (χ0v) is 11.4. The van der Waals surface area contributed by atoms with Gasteiger partial charge in [0.1, 0.15) is 0 Å². The molecule has 3 atom stereocenters. The zero-order chi connectivity index (χ0) is 13.0. The van der Waals surface area contributed by atoms with Crippen LogP contribution < -0.4 is 11.1 Å². The summed E-state index contributed by atoms with van der Waals surface area (Å²) in [4.78, 5) is 0. The van der Waals surface area contributed by atoms with Crippen LogP contribution in [0.25, 0.3) is 0 Å². The number of rotatable bonds is 5. The highest BCUT2D eigenvalue weighted by molar-refractivity contribution is 5.16. The molecule has 2 rings (SSSR count). The van der Waals surface area contributed by atoms with Crippen molar-refractivity contribution in [3.63, 3.8) is 0 Å². The topological polar surface area (TPSA) is 77.0 Å². The summed E-state index contributed by atoms with van der Waals surface area (Å²) >= 11 is 0. The Hall–Kier alpha value is -1.10. The summed E-state index contributed by atoms with van der Waals surface area (Å²) in [5.41, 5.74) is 5.66. The van der Waals surface area contributed by atoms with E-state index in [1.807, 2.05) is 6.92 Å². The zero-order valence-electron chi connectivity index (χ0n) is 11.4. The number of anilines is 1. The monoisotopic (exact) mass is 252 g/mol. The Morgan fingerprint density at radius 1 is 1.44 bits per heavy atom. The predicted molar refractivity (Wildman–Crippen MR) is 71.1 cm³/mol. The standard InChI is InChI=1S/C13H24N4O/c1-9-4-3-5-11(8-9)6-7-15-13-17-16-12(18-13)10(2)14/h9-11H,3-8,14H2,1-2H3,(H,15,17). The van der Waals surface area contributed by atoms with Crippen molar-refractivity contribution in [1.82, 2.24) is 10.2 Å². The molecule has 0 radical (unpaired) electrons. The number of nitrogens with two attached hydrogens (primary N) is 1. The maximum atomic E-state index is 5.66. The van der Waals surface area contributed by atoms with Gasteiger partial charge in [-0.05, 0) is 31.6 Å². The van der Waals surface area contributed by atoms with E-state index in [9.17, 15) is 0 Å². The van der Waals surface area contributed by atoms with E-state index in [0.717, 1.165) is 18.4 Å². The molecule has 102 valence electrons. The minimum atomic E-state index is -0.202. The van der Waals surface area contributed by atoms with Crippen molar-refractivity contribution in [3.8, 4) is 0 Å². The summed E-state index contributed by atoms with van der Waals surface area (Å²) in [6.07, 6.45) is 6.67. The number of nitrogens with zero attached hydrogens (tertiary/aromatic N) is 2. The van der Waals surface area contributed by atoms with Gasteiger partial charge >= 0.3 is 6.01 Å².